The number of alkyl halides is 3. The summed E-state index contributed by atoms with van der Waals surface area (Å²) in [5.74, 6) is -0.228. The highest BCUT2D eigenvalue weighted by Gasteiger charge is 2.40. The summed E-state index contributed by atoms with van der Waals surface area (Å²) >= 11 is 6.01. The van der Waals surface area contributed by atoms with Gasteiger partial charge in [0.15, 0.2) is 0 Å². The van der Waals surface area contributed by atoms with Gasteiger partial charge in [0.05, 0.1) is 18.7 Å². The standard InChI is InChI=1S/C27H24ClF3N2O3/c1-16-13-25(33(17(2)34)21-10-8-20(28)9-11-21)23-15-19(27(29,30)31)7-12-24(23)32(16)26(35)18-5-4-6-22(14-18)36-3/h4-12,14-16,25H,13H2,1-3H3/t16-,25+/m0/s1. The van der Waals surface area contributed by atoms with Gasteiger partial charge in [-0.15, -0.1) is 0 Å². The van der Waals surface area contributed by atoms with Crippen molar-refractivity contribution in [1.29, 1.82) is 0 Å². The Bertz CT molecular complexity index is 1290. The van der Waals surface area contributed by atoms with Crippen molar-refractivity contribution in [3.8, 4) is 5.75 Å². The molecule has 0 aliphatic carbocycles. The minimum absolute atomic E-state index is 0.228. The van der Waals surface area contributed by atoms with Crippen molar-refractivity contribution < 1.29 is 27.5 Å². The van der Waals surface area contributed by atoms with E-state index in [2.05, 4.69) is 0 Å². The zero-order chi connectivity index (χ0) is 26.2. The number of carbonyl (C=O) groups excluding carboxylic acids is 2. The lowest BCUT2D eigenvalue weighted by atomic mass is 9.88. The molecule has 0 saturated carbocycles. The van der Waals surface area contributed by atoms with Gasteiger partial charge in [-0.25, -0.2) is 0 Å². The molecule has 0 fully saturated rings. The Hall–Kier alpha value is -3.52. The first kappa shape index (κ1) is 25.6. The molecule has 5 nitrogen and oxygen atoms in total. The number of nitrogens with zero attached hydrogens (tertiary/aromatic N) is 2. The molecule has 0 unspecified atom stereocenters. The summed E-state index contributed by atoms with van der Waals surface area (Å²) in [4.78, 5) is 29.3. The van der Waals surface area contributed by atoms with E-state index in [0.717, 1.165) is 12.1 Å². The number of carbonyl (C=O) groups is 2. The van der Waals surface area contributed by atoms with Gasteiger partial charge in [-0.3, -0.25) is 9.59 Å². The van der Waals surface area contributed by atoms with Gasteiger partial charge in [0.2, 0.25) is 5.91 Å². The van der Waals surface area contributed by atoms with Crippen LogP contribution in [0.15, 0.2) is 66.7 Å². The molecule has 0 saturated heterocycles. The van der Waals surface area contributed by atoms with E-state index < -0.39 is 23.8 Å². The molecule has 1 aliphatic heterocycles. The summed E-state index contributed by atoms with van der Waals surface area (Å²) in [5.41, 5.74) is 0.546. The van der Waals surface area contributed by atoms with Crippen LogP contribution in [-0.4, -0.2) is 25.0 Å². The maximum Gasteiger partial charge on any atom is 0.416 e. The molecule has 1 heterocycles. The minimum Gasteiger partial charge on any atom is -0.497 e. The zero-order valence-electron chi connectivity index (χ0n) is 19.8. The van der Waals surface area contributed by atoms with Crippen molar-refractivity contribution in [3.63, 3.8) is 0 Å². The molecule has 0 aromatic heterocycles. The average Bonchev–Trinajstić information content (AvgIpc) is 2.84. The van der Waals surface area contributed by atoms with Gasteiger partial charge in [0.1, 0.15) is 5.75 Å². The molecule has 4 rings (SSSR count). The van der Waals surface area contributed by atoms with Crippen LogP contribution in [0.25, 0.3) is 0 Å². The molecule has 3 aromatic rings. The first-order valence-electron chi connectivity index (χ1n) is 11.3. The fourth-order valence-electron chi connectivity index (χ4n) is 4.64. The number of fused-ring (bicyclic) bond motifs is 1. The molecule has 3 aromatic carbocycles. The number of hydrogen-bond donors (Lipinski definition) is 0. The molecule has 188 valence electrons. The number of amides is 2. The first-order valence-corrected chi connectivity index (χ1v) is 11.6. The SMILES string of the molecule is COc1cccc(C(=O)N2c3ccc(C(F)(F)F)cc3[C@H](N(C(C)=O)c3ccc(Cl)cc3)C[C@@H]2C)c1. The predicted octanol–water partition coefficient (Wildman–Crippen LogP) is 6.90. The lowest BCUT2D eigenvalue weighted by Gasteiger charge is -2.43. The zero-order valence-corrected chi connectivity index (χ0v) is 20.6. The molecule has 9 heteroatoms. The summed E-state index contributed by atoms with van der Waals surface area (Å²) in [6.07, 6.45) is -4.36. The van der Waals surface area contributed by atoms with Gasteiger partial charge in [-0.05, 0) is 79.6 Å². The number of halogens is 4. The van der Waals surface area contributed by atoms with Gasteiger partial charge >= 0.3 is 6.18 Å². The third-order valence-electron chi connectivity index (χ3n) is 6.27. The Labute approximate surface area is 212 Å². The average molecular weight is 517 g/mol. The van der Waals surface area contributed by atoms with Crippen LogP contribution in [0.2, 0.25) is 5.02 Å². The number of hydrogen-bond acceptors (Lipinski definition) is 3. The van der Waals surface area contributed by atoms with Crippen LogP contribution in [0, 0.1) is 0 Å². The van der Waals surface area contributed by atoms with E-state index in [9.17, 15) is 22.8 Å². The van der Waals surface area contributed by atoms with Crippen LogP contribution >= 0.6 is 11.6 Å². The monoisotopic (exact) mass is 516 g/mol. The van der Waals surface area contributed by atoms with Gasteiger partial charge in [-0.1, -0.05) is 17.7 Å². The summed E-state index contributed by atoms with van der Waals surface area (Å²) < 4.78 is 46.3. The normalized spacial score (nSPS) is 17.4. The largest absolute Gasteiger partial charge is 0.497 e. The fourth-order valence-corrected chi connectivity index (χ4v) is 4.77. The van der Waals surface area contributed by atoms with Gasteiger partial charge in [0.25, 0.3) is 5.91 Å². The van der Waals surface area contributed by atoms with E-state index in [1.54, 1.807) is 48.5 Å². The highest BCUT2D eigenvalue weighted by Crippen LogP contribution is 2.45. The van der Waals surface area contributed by atoms with Crippen LogP contribution in [0.4, 0.5) is 24.5 Å². The second-order valence-corrected chi connectivity index (χ2v) is 9.08. The molecular weight excluding hydrogens is 493 g/mol. The summed E-state index contributed by atoms with van der Waals surface area (Å²) in [7, 11) is 1.48. The second kappa shape index (κ2) is 9.85. The Morgan fingerprint density at radius 1 is 1.06 bits per heavy atom. The number of methoxy groups -OCH3 is 1. The van der Waals surface area contributed by atoms with E-state index in [1.807, 2.05) is 6.92 Å². The maximum absolute atomic E-state index is 13.7. The first-order chi connectivity index (χ1) is 17.0. The minimum atomic E-state index is -4.59. The van der Waals surface area contributed by atoms with Crippen molar-refractivity contribution in [2.24, 2.45) is 0 Å². The molecule has 2 amide bonds. The molecule has 1 aliphatic rings. The van der Waals surface area contributed by atoms with Crippen molar-refractivity contribution in [1.82, 2.24) is 0 Å². The van der Waals surface area contributed by atoms with Gasteiger partial charge in [0, 0.05) is 34.9 Å². The number of benzene rings is 3. The fraction of sp³-hybridized carbons (Fsp3) is 0.259. The Balaban J connectivity index is 1.87. The highest BCUT2D eigenvalue weighted by molar-refractivity contribution is 6.30. The number of anilines is 2. The van der Waals surface area contributed by atoms with E-state index in [-0.39, 0.29) is 23.8 Å². The Morgan fingerprint density at radius 3 is 2.36 bits per heavy atom. The molecule has 0 N–H and O–H groups in total. The van der Waals surface area contributed by atoms with Crippen molar-refractivity contribution in [3.05, 3.63) is 88.4 Å². The number of rotatable bonds is 4. The summed E-state index contributed by atoms with van der Waals surface area (Å²) in [5, 5.41) is 0.467. The lowest BCUT2D eigenvalue weighted by Crippen LogP contribution is -2.47. The van der Waals surface area contributed by atoms with Crippen LogP contribution in [0.5, 0.6) is 5.75 Å². The predicted molar refractivity (Wildman–Crippen MR) is 133 cm³/mol. The van der Waals surface area contributed by atoms with E-state index >= 15 is 0 Å². The number of ether oxygens (including phenoxy) is 1. The van der Waals surface area contributed by atoms with E-state index in [4.69, 9.17) is 16.3 Å². The molecule has 0 bridgehead atoms. The van der Waals surface area contributed by atoms with Gasteiger partial charge in [-0.2, -0.15) is 13.2 Å². The molecule has 2 atom stereocenters. The molecular formula is C27H24ClF3N2O3. The van der Waals surface area contributed by atoms with Crippen molar-refractivity contribution in [2.45, 2.75) is 38.5 Å². The summed E-state index contributed by atoms with van der Waals surface area (Å²) in [6.45, 7) is 3.17. The van der Waals surface area contributed by atoms with Crippen molar-refractivity contribution >= 4 is 34.8 Å². The Morgan fingerprint density at radius 2 is 1.75 bits per heavy atom. The second-order valence-electron chi connectivity index (χ2n) is 8.64. The lowest BCUT2D eigenvalue weighted by molar-refractivity contribution is -0.137. The van der Waals surface area contributed by atoms with Crippen LogP contribution in [0.1, 0.15) is 47.8 Å². The quantitative estimate of drug-likeness (QED) is 0.379. The van der Waals surface area contributed by atoms with E-state index in [1.165, 1.54) is 29.9 Å². The van der Waals surface area contributed by atoms with Crippen LogP contribution < -0.4 is 14.5 Å². The van der Waals surface area contributed by atoms with Crippen LogP contribution in [-0.2, 0) is 11.0 Å². The smallest absolute Gasteiger partial charge is 0.416 e. The van der Waals surface area contributed by atoms with Gasteiger partial charge < -0.3 is 14.5 Å². The topological polar surface area (TPSA) is 49.9 Å². The maximum atomic E-state index is 13.7. The third kappa shape index (κ3) is 4.91. The molecule has 0 radical (unpaired) electrons. The third-order valence-corrected chi connectivity index (χ3v) is 6.52. The summed E-state index contributed by atoms with van der Waals surface area (Å²) in [6, 6.07) is 15.3. The molecule has 36 heavy (non-hydrogen) atoms. The Kier molecular flexibility index (Phi) is 7.00. The molecule has 0 spiro atoms. The van der Waals surface area contributed by atoms with Crippen molar-refractivity contribution in [2.75, 3.05) is 16.9 Å². The van der Waals surface area contributed by atoms with E-state index in [0.29, 0.717) is 27.7 Å². The van der Waals surface area contributed by atoms with Crippen LogP contribution in [0.3, 0.4) is 0 Å². The highest BCUT2D eigenvalue weighted by atomic mass is 35.5.